The summed E-state index contributed by atoms with van der Waals surface area (Å²) in [5.74, 6) is -1.59. The number of hydrogen-bond acceptors (Lipinski definition) is 3. The minimum absolute atomic E-state index is 0.0201. The van der Waals surface area contributed by atoms with Crippen LogP contribution in [-0.4, -0.2) is 40.9 Å². The van der Waals surface area contributed by atoms with Gasteiger partial charge in [0.25, 0.3) is 11.8 Å². The molecule has 4 aromatic rings. The van der Waals surface area contributed by atoms with E-state index in [1.807, 2.05) is 49.4 Å². The molecule has 2 amide bonds. The number of hydrogen-bond donors (Lipinski definition) is 2. The molecular weight excluding hydrogens is 559 g/mol. The second kappa shape index (κ2) is 14.0. The predicted octanol–water partition coefficient (Wildman–Crippen LogP) is 7.06. The highest BCUT2D eigenvalue weighted by molar-refractivity contribution is 6.35. The lowest BCUT2D eigenvalue weighted by atomic mass is 9.94. The molecule has 0 spiro atoms. The maximum Gasteiger partial charge on any atom is 0.305 e. The van der Waals surface area contributed by atoms with Gasteiger partial charge in [0, 0.05) is 40.8 Å². The summed E-state index contributed by atoms with van der Waals surface area (Å²) in [5.41, 5.74) is 4.91. The minimum Gasteiger partial charge on any atom is -0.481 e. The van der Waals surface area contributed by atoms with E-state index < -0.39 is 5.97 Å². The van der Waals surface area contributed by atoms with E-state index in [0.29, 0.717) is 45.3 Å². The van der Waals surface area contributed by atoms with Gasteiger partial charge >= 0.3 is 5.97 Å². The van der Waals surface area contributed by atoms with Crippen molar-refractivity contribution in [3.8, 4) is 11.1 Å². The summed E-state index contributed by atoms with van der Waals surface area (Å²) < 4.78 is 0. The number of amides is 2. The number of benzene rings is 4. The third kappa shape index (κ3) is 7.75. The van der Waals surface area contributed by atoms with Crippen molar-refractivity contribution < 1.29 is 19.5 Å². The Morgan fingerprint density at radius 2 is 1.41 bits per heavy atom. The number of nitrogens with one attached hydrogen (secondary N) is 1. The Kier molecular flexibility index (Phi) is 10.2. The molecule has 0 saturated carbocycles. The van der Waals surface area contributed by atoms with E-state index in [2.05, 4.69) is 5.32 Å². The molecule has 0 aliphatic rings. The molecule has 4 rings (SSSR count). The number of carboxylic acids is 1. The quantitative estimate of drug-likeness (QED) is 0.196. The van der Waals surface area contributed by atoms with Crippen LogP contribution in [0.3, 0.4) is 0 Å². The number of carbonyl (C=O) groups excluding carboxylic acids is 2. The second-order valence-electron chi connectivity index (χ2n) is 9.62. The number of rotatable bonds is 11. The molecule has 2 N–H and O–H groups in total. The van der Waals surface area contributed by atoms with E-state index in [1.165, 1.54) is 4.90 Å². The van der Waals surface area contributed by atoms with Crippen LogP contribution in [-0.2, 0) is 17.8 Å². The van der Waals surface area contributed by atoms with Gasteiger partial charge in [-0.3, -0.25) is 14.4 Å². The van der Waals surface area contributed by atoms with Gasteiger partial charge in [-0.2, -0.15) is 0 Å². The normalized spacial score (nSPS) is 10.7. The molecule has 0 heterocycles. The van der Waals surface area contributed by atoms with Crippen molar-refractivity contribution in [1.29, 1.82) is 0 Å². The lowest BCUT2D eigenvalue weighted by molar-refractivity contribution is -0.137. The first-order valence-corrected chi connectivity index (χ1v) is 14.0. The fourth-order valence-corrected chi connectivity index (χ4v) is 5.10. The van der Waals surface area contributed by atoms with Crippen molar-refractivity contribution in [2.24, 2.45) is 0 Å². The van der Waals surface area contributed by atoms with Gasteiger partial charge in [0.05, 0.1) is 6.42 Å². The van der Waals surface area contributed by atoms with Gasteiger partial charge in [-0.25, -0.2) is 0 Å². The lowest BCUT2D eigenvalue weighted by Gasteiger charge is -2.24. The average molecular weight is 590 g/mol. The fraction of sp³-hybridized carbons (Fsp3) is 0.182. The average Bonchev–Trinajstić information content (AvgIpc) is 2.97. The van der Waals surface area contributed by atoms with Crippen LogP contribution in [0.15, 0.2) is 91.0 Å². The molecule has 0 unspecified atom stereocenters. The standard InChI is InChI=1S/C33H30Cl2N2O4/c1-22-8-2-3-9-24(22)21-36-32(40)28-12-6-4-10-26(28)27-11-5-7-13-29(27)33(41)37(19-17-31(38)39)18-16-23-14-15-25(34)20-30(23)35/h2-15,20H,16-19,21H2,1H3,(H,36,40)(H,38,39). The van der Waals surface area contributed by atoms with E-state index in [0.717, 1.165) is 16.7 Å². The Bertz CT molecular complexity index is 1570. The molecule has 0 aliphatic carbocycles. The molecule has 8 heteroatoms. The Morgan fingerprint density at radius 3 is 2.10 bits per heavy atom. The number of nitrogens with zero attached hydrogens (tertiary/aromatic N) is 1. The molecule has 210 valence electrons. The van der Waals surface area contributed by atoms with Gasteiger partial charge in [-0.15, -0.1) is 0 Å². The summed E-state index contributed by atoms with van der Waals surface area (Å²) in [6.45, 7) is 2.64. The van der Waals surface area contributed by atoms with Gasteiger partial charge in [-0.1, -0.05) is 89.9 Å². The highest BCUT2D eigenvalue weighted by Crippen LogP contribution is 2.29. The van der Waals surface area contributed by atoms with E-state index in [9.17, 15) is 19.5 Å². The Balaban J connectivity index is 1.62. The SMILES string of the molecule is Cc1ccccc1CNC(=O)c1ccccc1-c1ccccc1C(=O)N(CCC(=O)O)CCc1ccc(Cl)cc1Cl. The summed E-state index contributed by atoms with van der Waals surface area (Å²) in [5, 5.41) is 13.3. The molecule has 0 atom stereocenters. The van der Waals surface area contributed by atoms with Crippen LogP contribution in [0, 0.1) is 6.92 Å². The molecule has 0 aliphatic heterocycles. The van der Waals surface area contributed by atoms with Crippen molar-refractivity contribution in [1.82, 2.24) is 10.2 Å². The van der Waals surface area contributed by atoms with Gasteiger partial charge in [-0.05, 0) is 65.4 Å². The zero-order valence-corrected chi connectivity index (χ0v) is 24.1. The molecule has 0 radical (unpaired) electrons. The Morgan fingerprint density at radius 1 is 0.780 bits per heavy atom. The van der Waals surface area contributed by atoms with Crippen LogP contribution in [0.1, 0.15) is 43.8 Å². The summed E-state index contributed by atoms with van der Waals surface area (Å²) in [6.07, 6.45) is 0.210. The zero-order valence-electron chi connectivity index (χ0n) is 22.6. The fourth-order valence-electron chi connectivity index (χ4n) is 4.60. The van der Waals surface area contributed by atoms with E-state index in [4.69, 9.17) is 23.2 Å². The first-order valence-electron chi connectivity index (χ1n) is 13.2. The van der Waals surface area contributed by atoms with Crippen LogP contribution in [0.25, 0.3) is 11.1 Å². The van der Waals surface area contributed by atoms with E-state index in [-0.39, 0.29) is 31.3 Å². The van der Waals surface area contributed by atoms with E-state index in [1.54, 1.807) is 48.5 Å². The highest BCUT2D eigenvalue weighted by atomic mass is 35.5. The van der Waals surface area contributed by atoms with Crippen LogP contribution in [0.4, 0.5) is 0 Å². The second-order valence-corrected chi connectivity index (χ2v) is 10.5. The largest absolute Gasteiger partial charge is 0.481 e. The number of halogens is 2. The molecule has 0 saturated heterocycles. The van der Waals surface area contributed by atoms with Gasteiger partial charge < -0.3 is 15.3 Å². The Hall–Kier alpha value is -4.13. The highest BCUT2D eigenvalue weighted by Gasteiger charge is 2.23. The van der Waals surface area contributed by atoms with Crippen LogP contribution in [0.2, 0.25) is 10.0 Å². The molecule has 0 aromatic heterocycles. The van der Waals surface area contributed by atoms with Crippen molar-refractivity contribution in [2.45, 2.75) is 26.3 Å². The topological polar surface area (TPSA) is 86.7 Å². The predicted molar refractivity (Wildman–Crippen MR) is 163 cm³/mol. The van der Waals surface area contributed by atoms with Crippen molar-refractivity contribution in [3.63, 3.8) is 0 Å². The number of aryl methyl sites for hydroxylation is 1. The van der Waals surface area contributed by atoms with Crippen LogP contribution >= 0.6 is 23.2 Å². The van der Waals surface area contributed by atoms with E-state index >= 15 is 0 Å². The van der Waals surface area contributed by atoms with Crippen LogP contribution < -0.4 is 5.32 Å². The maximum atomic E-state index is 13.9. The van der Waals surface area contributed by atoms with Crippen molar-refractivity contribution in [2.75, 3.05) is 13.1 Å². The van der Waals surface area contributed by atoms with Crippen LogP contribution in [0.5, 0.6) is 0 Å². The summed E-state index contributed by atoms with van der Waals surface area (Å²) >= 11 is 12.4. The summed E-state index contributed by atoms with van der Waals surface area (Å²) in [4.78, 5) is 40.2. The summed E-state index contributed by atoms with van der Waals surface area (Å²) in [6, 6.07) is 27.2. The molecular formula is C33H30Cl2N2O4. The smallest absolute Gasteiger partial charge is 0.305 e. The van der Waals surface area contributed by atoms with Gasteiger partial charge in [0.1, 0.15) is 0 Å². The minimum atomic E-state index is -1.00. The molecule has 0 fully saturated rings. The van der Waals surface area contributed by atoms with Gasteiger partial charge in [0.2, 0.25) is 0 Å². The monoisotopic (exact) mass is 588 g/mol. The molecule has 41 heavy (non-hydrogen) atoms. The first-order chi connectivity index (χ1) is 19.7. The third-order valence-electron chi connectivity index (χ3n) is 6.87. The summed E-state index contributed by atoms with van der Waals surface area (Å²) in [7, 11) is 0. The third-order valence-corrected chi connectivity index (χ3v) is 7.46. The maximum absolute atomic E-state index is 13.9. The zero-order chi connectivity index (χ0) is 29.4. The first kappa shape index (κ1) is 29.8. The molecule has 4 aromatic carbocycles. The Labute approximate surface area is 249 Å². The lowest BCUT2D eigenvalue weighted by Crippen LogP contribution is -2.35. The van der Waals surface area contributed by atoms with Gasteiger partial charge in [0.15, 0.2) is 0 Å². The molecule has 6 nitrogen and oxygen atoms in total. The van der Waals surface area contributed by atoms with Crippen molar-refractivity contribution >= 4 is 41.0 Å². The number of carbonyl (C=O) groups is 3. The number of carboxylic acid groups (broad SMARTS) is 1. The molecule has 0 bridgehead atoms. The van der Waals surface area contributed by atoms with Crippen molar-refractivity contribution in [3.05, 3.63) is 129 Å². The number of aliphatic carboxylic acids is 1.